The lowest BCUT2D eigenvalue weighted by Gasteiger charge is -2.18. The van der Waals surface area contributed by atoms with Gasteiger partial charge in [0, 0.05) is 7.11 Å². The van der Waals surface area contributed by atoms with Crippen molar-refractivity contribution in [1.29, 1.82) is 0 Å². The third-order valence-corrected chi connectivity index (χ3v) is 2.98. The van der Waals surface area contributed by atoms with Crippen molar-refractivity contribution in [2.45, 2.75) is 39.1 Å². The molecule has 0 aliphatic rings. The van der Waals surface area contributed by atoms with Gasteiger partial charge in [0.1, 0.15) is 0 Å². The van der Waals surface area contributed by atoms with Gasteiger partial charge in [-0.15, -0.1) is 0 Å². The SMILES string of the molecule is COC(C)COC(C)COC(C)CON.O=C(O)c1ccccc1. The van der Waals surface area contributed by atoms with Crippen LogP contribution in [0.5, 0.6) is 0 Å². The Kier molecular flexibility index (Phi) is 13.0. The van der Waals surface area contributed by atoms with Crippen molar-refractivity contribution in [2.24, 2.45) is 5.90 Å². The van der Waals surface area contributed by atoms with E-state index in [0.717, 1.165) is 0 Å². The molecule has 0 heterocycles. The monoisotopic (exact) mass is 343 g/mol. The standard InChI is InChI=1S/C10H23NO4.C7H6O2/c1-8(12-4)5-13-9(2)6-14-10(3)7-15-11;8-7(9)6-4-2-1-3-5-6/h8-10H,5-7,11H2,1-4H3;1-5H,(H,8,9). The summed E-state index contributed by atoms with van der Waals surface area (Å²) < 4.78 is 16.0. The van der Waals surface area contributed by atoms with Gasteiger partial charge >= 0.3 is 5.97 Å². The zero-order valence-corrected chi connectivity index (χ0v) is 14.8. The molecule has 1 rings (SSSR count). The van der Waals surface area contributed by atoms with E-state index in [2.05, 4.69) is 4.84 Å². The summed E-state index contributed by atoms with van der Waals surface area (Å²) in [5.74, 6) is 4.05. The molecule has 3 unspecified atom stereocenters. The highest BCUT2D eigenvalue weighted by Gasteiger charge is 2.08. The van der Waals surface area contributed by atoms with Crippen LogP contribution in [0.2, 0.25) is 0 Å². The van der Waals surface area contributed by atoms with Crippen LogP contribution in [0.3, 0.4) is 0 Å². The maximum atomic E-state index is 10.2. The first-order valence-corrected chi connectivity index (χ1v) is 7.76. The lowest BCUT2D eigenvalue weighted by atomic mass is 10.2. The second-order valence-corrected chi connectivity index (χ2v) is 5.34. The Morgan fingerprint density at radius 1 is 1.00 bits per heavy atom. The van der Waals surface area contributed by atoms with Crippen molar-refractivity contribution in [3.63, 3.8) is 0 Å². The Morgan fingerprint density at radius 2 is 1.50 bits per heavy atom. The summed E-state index contributed by atoms with van der Waals surface area (Å²) in [4.78, 5) is 14.7. The van der Waals surface area contributed by atoms with Gasteiger partial charge in [0.25, 0.3) is 0 Å². The molecular weight excluding hydrogens is 314 g/mol. The zero-order chi connectivity index (χ0) is 18.4. The number of benzene rings is 1. The van der Waals surface area contributed by atoms with Gasteiger partial charge in [-0.05, 0) is 32.9 Å². The number of carboxylic acids is 1. The molecule has 0 radical (unpaired) electrons. The van der Waals surface area contributed by atoms with Gasteiger partial charge in [0.15, 0.2) is 0 Å². The zero-order valence-electron chi connectivity index (χ0n) is 14.8. The first-order chi connectivity index (χ1) is 11.4. The van der Waals surface area contributed by atoms with Crippen LogP contribution >= 0.6 is 0 Å². The molecule has 3 N–H and O–H groups in total. The van der Waals surface area contributed by atoms with Gasteiger partial charge in [-0.3, -0.25) is 0 Å². The summed E-state index contributed by atoms with van der Waals surface area (Å²) in [6.07, 6.45) is 0.140. The Labute approximate surface area is 143 Å². The lowest BCUT2D eigenvalue weighted by molar-refractivity contribution is -0.0748. The van der Waals surface area contributed by atoms with E-state index in [9.17, 15) is 4.79 Å². The van der Waals surface area contributed by atoms with Crippen LogP contribution in [0.15, 0.2) is 30.3 Å². The average Bonchev–Trinajstić information content (AvgIpc) is 2.59. The highest BCUT2D eigenvalue weighted by atomic mass is 16.6. The molecule has 1 aromatic carbocycles. The van der Waals surface area contributed by atoms with E-state index >= 15 is 0 Å². The number of aromatic carboxylic acids is 1. The van der Waals surface area contributed by atoms with Crippen LogP contribution in [0.25, 0.3) is 0 Å². The van der Waals surface area contributed by atoms with Crippen LogP contribution in [-0.4, -0.2) is 56.3 Å². The molecule has 0 aromatic heterocycles. The van der Waals surface area contributed by atoms with E-state index < -0.39 is 5.97 Å². The smallest absolute Gasteiger partial charge is 0.335 e. The van der Waals surface area contributed by atoms with Gasteiger partial charge in [-0.2, -0.15) is 0 Å². The maximum absolute atomic E-state index is 10.2. The average molecular weight is 343 g/mol. The minimum atomic E-state index is -0.879. The Bertz CT molecular complexity index is 428. The number of hydrogen-bond acceptors (Lipinski definition) is 6. The summed E-state index contributed by atoms with van der Waals surface area (Å²) in [6.45, 7) is 7.30. The molecule has 0 aliphatic carbocycles. The van der Waals surface area contributed by atoms with Crippen LogP contribution < -0.4 is 5.90 Å². The number of nitrogens with two attached hydrogens (primary N) is 1. The molecule has 0 aliphatic heterocycles. The topological polar surface area (TPSA) is 100 Å². The molecule has 3 atom stereocenters. The maximum Gasteiger partial charge on any atom is 0.335 e. The van der Waals surface area contributed by atoms with Crippen LogP contribution in [0.1, 0.15) is 31.1 Å². The van der Waals surface area contributed by atoms with E-state index in [1.165, 1.54) is 0 Å². The van der Waals surface area contributed by atoms with Crippen LogP contribution in [0.4, 0.5) is 0 Å². The third-order valence-electron chi connectivity index (χ3n) is 2.98. The van der Waals surface area contributed by atoms with Crippen molar-refractivity contribution >= 4 is 5.97 Å². The fourth-order valence-electron chi connectivity index (χ4n) is 1.48. The normalized spacial score (nSPS) is 14.2. The van der Waals surface area contributed by atoms with Crippen molar-refractivity contribution in [3.05, 3.63) is 35.9 Å². The molecule has 1 aromatic rings. The molecule has 0 saturated carbocycles. The van der Waals surface area contributed by atoms with Crippen molar-refractivity contribution < 1.29 is 28.9 Å². The molecule has 0 bridgehead atoms. The Balaban J connectivity index is 0.000000496. The summed E-state index contributed by atoms with van der Waals surface area (Å²) in [5.41, 5.74) is 0.331. The van der Waals surface area contributed by atoms with Gasteiger partial charge in [-0.25, -0.2) is 10.7 Å². The predicted molar refractivity (Wildman–Crippen MR) is 90.8 cm³/mol. The van der Waals surface area contributed by atoms with Gasteiger partial charge in [0.2, 0.25) is 0 Å². The highest BCUT2D eigenvalue weighted by molar-refractivity contribution is 5.87. The molecule has 7 heteroatoms. The fraction of sp³-hybridized carbons (Fsp3) is 0.588. The molecule has 138 valence electrons. The van der Waals surface area contributed by atoms with Gasteiger partial charge in [0.05, 0.1) is 43.7 Å². The number of carbonyl (C=O) groups is 1. The van der Waals surface area contributed by atoms with Crippen molar-refractivity contribution in [2.75, 3.05) is 26.9 Å². The molecule has 0 spiro atoms. The first-order valence-electron chi connectivity index (χ1n) is 7.76. The lowest BCUT2D eigenvalue weighted by Crippen LogP contribution is -2.26. The molecule has 24 heavy (non-hydrogen) atoms. The van der Waals surface area contributed by atoms with Crippen LogP contribution in [-0.2, 0) is 19.0 Å². The number of rotatable bonds is 10. The third kappa shape index (κ3) is 12.0. The summed E-state index contributed by atoms with van der Waals surface area (Å²) in [6, 6.07) is 8.30. The second kappa shape index (κ2) is 13.9. The Hall–Kier alpha value is -1.51. The van der Waals surface area contributed by atoms with E-state index in [0.29, 0.717) is 25.4 Å². The fourth-order valence-corrected chi connectivity index (χ4v) is 1.48. The minimum Gasteiger partial charge on any atom is -0.478 e. The van der Waals surface area contributed by atoms with E-state index in [4.69, 9.17) is 25.2 Å². The summed E-state index contributed by atoms with van der Waals surface area (Å²) in [7, 11) is 1.66. The summed E-state index contributed by atoms with van der Waals surface area (Å²) in [5, 5.41) is 8.38. The van der Waals surface area contributed by atoms with Gasteiger partial charge in [-0.1, -0.05) is 18.2 Å². The molecule has 7 nitrogen and oxygen atoms in total. The Morgan fingerprint density at radius 3 is 1.92 bits per heavy atom. The first kappa shape index (κ1) is 22.5. The second-order valence-electron chi connectivity index (χ2n) is 5.34. The number of hydrogen-bond donors (Lipinski definition) is 2. The largest absolute Gasteiger partial charge is 0.478 e. The van der Waals surface area contributed by atoms with Crippen molar-refractivity contribution in [1.82, 2.24) is 0 Å². The number of carboxylic acid groups (broad SMARTS) is 1. The highest BCUT2D eigenvalue weighted by Crippen LogP contribution is 1.99. The van der Waals surface area contributed by atoms with E-state index in [1.807, 2.05) is 20.8 Å². The molecule has 0 fully saturated rings. The molecular formula is C17H29NO6. The minimum absolute atomic E-state index is 0.0131. The molecule has 0 saturated heterocycles. The summed E-state index contributed by atoms with van der Waals surface area (Å²) >= 11 is 0. The van der Waals surface area contributed by atoms with Gasteiger partial charge < -0.3 is 24.2 Å². The van der Waals surface area contributed by atoms with Crippen LogP contribution in [0, 0.1) is 0 Å². The number of methoxy groups -OCH3 is 1. The van der Waals surface area contributed by atoms with Crippen molar-refractivity contribution in [3.8, 4) is 0 Å². The number of ether oxygens (including phenoxy) is 3. The predicted octanol–water partition coefficient (Wildman–Crippen LogP) is 2.11. The molecule has 0 amide bonds. The van der Waals surface area contributed by atoms with E-state index in [-0.39, 0.29) is 18.3 Å². The van der Waals surface area contributed by atoms with E-state index in [1.54, 1.807) is 37.4 Å². The quantitative estimate of drug-likeness (QED) is 0.627.